The van der Waals surface area contributed by atoms with E-state index < -0.39 is 53.7 Å². The van der Waals surface area contributed by atoms with E-state index in [-0.39, 0.29) is 59.3 Å². The molecule has 1 amide bonds. The number of allylic oxidation sites excluding steroid dienone is 2. The van der Waals surface area contributed by atoms with E-state index in [1.54, 1.807) is 20.9 Å². The number of esters is 1. The van der Waals surface area contributed by atoms with Crippen molar-refractivity contribution in [3.63, 3.8) is 0 Å². The van der Waals surface area contributed by atoms with Gasteiger partial charge in [0.05, 0.1) is 32.4 Å². The minimum Gasteiger partial charge on any atom is -0.507 e. The number of carbonyl (C=O) groups is 5. The molecule has 1 saturated heterocycles. The highest BCUT2D eigenvalue weighted by molar-refractivity contribution is 6.35. The number of hydrogen-bond acceptors (Lipinski definition) is 12. The predicted octanol–water partition coefficient (Wildman–Crippen LogP) is 0.955. The van der Waals surface area contributed by atoms with Gasteiger partial charge in [-0.15, -0.1) is 0 Å². The molecule has 4 aliphatic rings. The second-order valence-electron chi connectivity index (χ2n) is 11.5. The third-order valence-corrected chi connectivity index (χ3v) is 9.26. The molecule has 5 rings (SSSR count). The third kappa shape index (κ3) is 4.39. The molecule has 5 atom stereocenters. The van der Waals surface area contributed by atoms with Gasteiger partial charge in [0.15, 0.2) is 23.0 Å². The van der Waals surface area contributed by atoms with E-state index in [4.69, 9.17) is 14.2 Å². The molecule has 0 saturated carbocycles. The number of phenols is 1. The van der Waals surface area contributed by atoms with Crippen molar-refractivity contribution in [1.82, 2.24) is 15.1 Å². The minimum atomic E-state index is -0.916. The monoisotopic (exact) mass is 606 g/mol. The lowest BCUT2D eigenvalue weighted by Crippen LogP contribution is -2.72. The fourth-order valence-corrected chi connectivity index (χ4v) is 7.39. The number of carbonyl (C=O) groups excluding carboxylic acids is 5. The van der Waals surface area contributed by atoms with E-state index in [9.17, 15) is 34.3 Å². The maximum Gasteiger partial charge on any atom is 0.308 e. The maximum atomic E-state index is 13.9. The van der Waals surface area contributed by atoms with Gasteiger partial charge in [-0.1, -0.05) is 0 Å². The Morgan fingerprint density at radius 1 is 1.05 bits per heavy atom. The summed E-state index contributed by atoms with van der Waals surface area (Å²) in [5.41, 5.74) is 1.79. The smallest absolute Gasteiger partial charge is 0.308 e. The zero-order valence-corrected chi connectivity index (χ0v) is 25.6. The quantitative estimate of drug-likeness (QED) is 0.203. The van der Waals surface area contributed by atoms with Crippen molar-refractivity contribution in [2.45, 2.75) is 70.7 Å². The van der Waals surface area contributed by atoms with Gasteiger partial charge in [0.1, 0.15) is 11.8 Å². The first-order chi connectivity index (χ1) is 20.8. The first-order valence-electron chi connectivity index (χ1n) is 14.2. The lowest BCUT2D eigenvalue weighted by atomic mass is 9.68. The number of nitrogens with one attached hydrogen (secondary N) is 1. The third-order valence-electron chi connectivity index (χ3n) is 9.26. The number of methoxy groups -OCH3 is 2. The Morgan fingerprint density at radius 3 is 2.30 bits per heavy atom. The fraction of sp³-hybridized carbons (Fsp3) is 0.484. The first-order valence-corrected chi connectivity index (χ1v) is 14.2. The largest absolute Gasteiger partial charge is 0.507 e. The Kier molecular flexibility index (Phi) is 7.86. The predicted molar refractivity (Wildman–Crippen MR) is 153 cm³/mol. The van der Waals surface area contributed by atoms with Crippen LogP contribution in [0.3, 0.4) is 0 Å². The zero-order valence-electron chi connectivity index (χ0n) is 25.6. The van der Waals surface area contributed by atoms with Crippen LogP contribution in [-0.2, 0) is 35.1 Å². The molecule has 1 fully saturated rings. The Hall–Kier alpha value is -4.54. The summed E-state index contributed by atoms with van der Waals surface area (Å²) in [5, 5.41) is 24.8. The Morgan fingerprint density at radius 2 is 1.73 bits per heavy atom. The summed E-state index contributed by atoms with van der Waals surface area (Å²) in [6, 6.07) is -1.34. The molecule has 3 aliphatic heterocycles. The van der Waals surface area contributed by atoms with Crippen LogP contribution in [0.15, 0.2) is 22.5 Å². The van der Waals surface area contributed by atoms with Crippen molar-refractivity contribution in [3.05, 3.63) is 39.2 Å². The number of Topliss-reactive ketones (excluding diaryl/α,β-unsaturated/α-hetero) is 3. The molecule has 0 aromatic heterocycles. The molecule has 1 aliphatic carbocycles. The zero-order chi connectivity index (χ0) is 32.4. The number of ether oxygens (including phenoxy) is 3. The van der Waals surface area contributed by atoms with Crippen molar-refractivity contribution in [3.8, 4) is 23.3 Å². The van der Waals surface area contributed by atoms with Gasteiger partial charge >= 0.3 is 5.97 Å². The van der Waals surface area contributed by atoms with E-state index in [1.165, 1.54) is 21.1 Å². The number of piperazine rings is 1. The average molecular weight is 607 g/mol. The van der Waals surface area contributed by atoms with Crippen LogP contribution in [0.5, 0.6) is 17.2 Å². The summed E-state index contributed by atoms with van der Waals surface area (Å²) in [5.74, 6) is -3.05. The van der Waals surface area contributed by atoms with Crippen LogP contribution in [0.4, 0.5) is 0 Å². The van der Waals surface area contributed by atoms with Crippen LogP contribution in [0.2, 0.25) is 0 Å². The summed E-state index contributed by atoms with van der Waals surface area (Å²) in [6.07, 6.45) is 0.196. The number of nitriles is 1. The van der Waals surface area contributed by atoms with E-state index in [1.807, 2.05) is 9.80 Å². The lowest BCUT2D eigenvalue weighted by molar-refractivity contribution is -0.137. The number of nitrogens with zero attached hydrogens (tertiary/aromatic N) is 3. The van der Waals surface area contributed by atoms with Gasteiger partial charge < -0.3 is 24.6 Å². The van der Waals surface area contributed by atoms with Gasteiger partial charge in [0.25, 0.3) is 5.91 Å². The highest BCUT2D eigenvalue weighted by atomic mass is 16.6. The highest BCUT2D eigenvalue weighted by Gasteiger charge is 2.58. The van der Waals surface area contributed by atoms with E-state index >= 15 is 0 Å². The molecule has 0 radical (unpaired) electrons. The molecular formula is C31H34N4O9. The normalized spacial score (nSPS) is 26.3. The minimum absolute atomic E-state index is 0.0238. The topological polar surface area (TPSA) is 176 Å². The Balaban J connectivity index is 1.79. The summed E-state index contributed by atoms with van der Waals surface area (Å²) < 4.78 is 16.6. The van der Waals surface area contributed by atoms with Gasteiger partial charge in [0, 0.05) is 65.9 Å². The average Bonchev–Trinajstić information content (AvgIpc) is 2.97. The molecule has 2 N–H and O–H groups in total. The summed E-state index contributed by atoms with van der Waals surface area (Å²) in [7, 11) is 4.49. The van der Waals surface area contributed by atoms with Crippen LogP contribution in [0.1, 0.15) is 49.9 Å². The molecule has 13 nitrogen and oxygen atoms in total. The van der Waals surface area contributed by atoms with Crippen LogP contribution >= 0.6 is 0 Å². The number of amides is 1. The molecule has 232 valence electrons. The van der Waals surface area contributed by atoms with Crippen LogP contribution in [0.25, 0.3) is 0 Å². The molecule has 3 heterocycles. The van der Waals surface area contributed by atoms with Gasteiger partial charge in [0.2, 0.25) is 11.6 Å². The van der Waals surface area contributed by atoms with Gasteiger partial charge in [-0.05, 0) is 33.7 Å². The molecule has 1 aromatic rings. The van der Waals surface area contributed by atoms with Crippen LogP contribution in [0, 0.1) is 18.3 Å². The number of hydrogen-bond donors (Lipinski definition) is 2. The number of rotatable bonds is 6. The lowest BCUT2D eigenvalue weighted by Gasteiger charge is -2.60. The maximum absolute atomic E-state index is 13.9. The van der Waals surface area contributed by atoms with Crippen LogP contribution < -0.4 is 14.8 Å². The van der Waals surface area contributed by atoms with Gasteiger partial charge in [-0.2, -0.15) is 5.26 Å². The molecule has 44 heavy (non-hydrogen) atoms. The van der Waals surface area contributed by atoms with Crippen molar-refractivity contribution >= 4 is 29.2 Å². The van der Waals surface area contributed by atoms with Crippen molar-refractivity contribution < 1.29 is 43.3 Å². The second-order valence-corrected chi connectivity index (χ2v) is 11.5. The van der Waals surface area contributed by atoms with Crippen molar-refractivity contribution in [1.29, 1.82) is 5.26 Å². The number of phenolic OH excluding ortho intramolecular Hbond substituents is 1. The Labute approximate surface area is 254 Å². The number of likely N-dealkylation sites (N-methyl/N-ethyl adjacent to an activating group) is 1. The molecular weight excluding hydrogens is 572 g/mol. The SMILES string of the molecule is COC1=C(C)C(=O)C2=C(C1=O)[C@@H]1[C@@H]3Cc4c(O)c(C)c(OC)c(OC(C)=O)c4[C@H](CNC(=O)C(C)=O)N3[C@@H](C#N)[C@H](C2)N1C. The molecule has 2 bridgehead atoms. The van der Waals surface area contributed by atoms with Crippen LogP contribution in [-0.4, -0.2) is 96.1 Å². The number of fused-ring (bicyclic) bond motifs is 6. The van der Waals surface area contributed by atoms with Crippen molar-refractivity contribution in [2.75, 3.05) is 27.8 Å². The summed E-state index contributed by atoms with van der Waals surface area (Å²) >= 11 is 0. The molecule has 0 unspecified atom stereocenters. The van der Waals surface area contributed by atoms with E-state index in [2.05, 4.69) is 11.4 Å². The fourth-order valence-electron chi connectivity index (χ4n) is 7.39. The highest BCUT2D eigenvalue weighted by Crippen LogP contribution is 2.54. The number of ketones is 3. The van der Waals surface area contributed by atoms with E-state index in [0.717, 1.165) is 6.92 Å². The van der Waals surface area contributed by atoms with E-state index in [0.29, 0.717) is 22.3 Å². The molecule has 13 heteroatoms. The number of aromatic hydroxyl groups is 1. The first kappa shape index (κ1) is 30.9. The summed E-state index contributed by atoms with van der Waals surface area (Å²) in [4.78, 5) is 67.9. The Bertz CT molecular complexity index is 1630. The standard InChI is InChI=1S/C31H34N4O9/c1-12-25(38)17-8-18-20(10-32)35-19(24(34(18)5)23(17)27(40)28(12)42-6)9-16-22(21(35)11-33-31(41)14(3)36)30(44-15(4)37)29(43-7)13(2)26(16)39/h18-21,24,39H,8-9,11H2,1-7H3,(H,33,41)/t18-,19-,20-,21-,24-/m0/s1. The molecule has 0 spiro atoms. The van der Waals surface area contributed by atoms with Gasteiger partial charge in [-0.3, -0.25) is 33.8 Å². The molecule has 1 aromatic carbocycles. The van der Waals surface area contributed by atoms with Gasteiger partial charge in [-0.25, -0.2) is 0 Å². The number of benzene rings is 1. The second kappa shape index (κ2) is 11.2. The summed E-state index contributed by atoms with van der Waals surface area (Å²) in [6.45, 7) is 5.28. The van der Waals surface area contributed by atoms with Crippen molar-refractivity contribution in [2.24, 2.45) is 0 Å².